The predicted molar refractivity (Wildman–Crippen MR) is 43.3 cm³/mol. The fraction of sp³-hybridized carbons (Fsp3) is 0.375. The molecule has 0 unspecified atom stereocenters. The van der Waals surface area contributed by atoms with Crippen LogP contribution in [0.1, 0.15) is 16.8 Å². The molecular weight excluding hydrogens is 146 g/mol. The third-order valence-corrected chi connectivity index (χ3v) is 1.76. The summed E-state index contributed by atoms with van der Waals surface area (Å²) in [5.41, 5.74) is 3.32. The molecule has 0 atom stereocenters. The van der Waals surface area contributed by atoms with Gasteiger partial charge in [0.2, 0.25) is 0 Å². The van der Waals surface area contributed by atoms with Crippen LogP contribution >= 0.6 is 11.6 Å². The summed E-state index contributed by atoms with van der Waals surface area (Å²) in [6.07, 6.45) is 1.85. The van der Waals surface area contributed by atoms with E-state index in [0.717, 1.165) is 11.3 Å². The number of nitrogens with zero attached hydrogens (tertiary/aromatic N) is 1. The Balaban J connectivity index is 3.09. The molecule has 0 N–H and O–H groups in total. The van der Waals surface area contributed by atoms with Crippen LogP contribution in [0.15, 0.2) is 12.3 Å². The summed E-state index contributed by atoms with van der Waals surface area (Å²) in [7, 11) is 0. The van der Waals surface area contributed by atoms with Crippen molar-refractivity contribution in [3.63, 3.8) is 0 Å². The molecule has 1 nitrogen and oxygen atoms in total. The van der Waals surface area contributed by atoms with Gasteiger partial charge < -0.3 is 0 Å². The van der Waals surface area contributed by atoms with E-state index in [0.29, 0.717) is 5.88 Å². The van der Waals surface area contributed by atoms with Gasteiger partial charge in [0, 0.05) is 17.8 Å². The molecular formula is C8H10ClN. The van der Waals surface area contributed by atoms with Gasteiger partial charge in [-0.05, 0) is 25.0 Å². The summed E-state index contributed by atoms with van der Waals surface area (Å²) in [6.45, 7) is 3.99. The SMILES string of the molecule is Cc1cnc(C)c(CCl)c1. The van der Waals surface area contributed by atoms with E-state index in [4.69, 9.17) is 11.6 Å². The molecule has 0 aliphatic rings. The Kier molecular flexibility index (Phi) is 2.28. The van der Waals surface area contributed by atoms with E-state index in [2.05, 4.69) is 11.1 Å². The van der Waals surface area contributed by atoms with Crippen molar-refractivity contribution in [2.45, 2.75) is 19.7 Å². The third-order valence-electron chi connectivity index (χ3n) is 1.47. The quantitative estimate of drug-likeness (QED) is 0.568. The van der Waals surface area contributed by atoms with E-state index in [9.17, 15) is 0 Å². The minimum atomic E-state index is 0.556. The molecule has 0 spiro atoms. The van der Waals surface area contributed by atoms with E-state index in [1.54, 1.807) is 0 Å². The van der Waals surface area contributed by atoms with Crippen LogP contribution in [0.2, 0.25) is 0 Å². The highest BCUT2D eigenvalue weighted by Crippen LogP contribution is 2.09. The van der Waals surface area contributed by atoms with Crippen molar-refractivity contribution in [3.05, 3.63) is 29.1 Å². The first-order chi connectivity index (χ1) is 4.74. The highest BCUT2D eigenvalue weighted by atomic mass is 35.5. The van der Waals surface area contributed by atoms with E-state index < -0.39 is 0 Å². The van der Waals surface area contributed by atoms with Crippen LogP contribution in [0.3, 0.4) is 0 Å². The average molecular weight is 156 g/mol. The highest BCUT2D eigenvalue weighted by molar-refractivity contribution is 6.17. The van der Waals surface area contributed by atoms with E-state index >= 15 is 0 Å². The summed E-state index contributed by atoms with van der Waals surface area (Å²) in [6, 6.07) is 2.06. The second kappa shape index (κ2) is 3.02. The van der Waals surface area contributed by atoms with Crippen LogP contribution in [-0.4, -0.2) is 4.98 Å². The average Bonchev–Trinajstić information content (AvgIpc) is 1.94. The van der Waals surface area contributed by atoms with E-state index in [1.807, 2.05) is 20.0 Å². The summed E-state index contributed by atoms with van der Waals surface area (Å²) in [5, 5.41) is 0. The van der Waals surface area contributed by atoms with Crippen LogP contribution in [0.5, 0.6) is 0 Å². The second-order valence-electron chi connectivity index (χ2n) is 2.39. The number of pyridine rings is 1. The van der Waals surface area contributed by atoms with Crippen molar-refractivity contribution >= 4 is 11.6 Å². The zero-order valence-electron chi connectivity index (χ0n) is 6.19. The second-order valence-corrected chi connectivity index (χ2v) is 2.66. The Morgan fingerprint density at radius 3 is 2.70 bits per heavy atom. The first-order valence-electron chi connectivity index (χ1n) is 3.22. The number of alkyl halides is 1. The Morgan fingerprint density at radius 2 is 2.20 bits per heavy atom. The van der Waals surface area contributed by atoms with Crippen LogP contribution in [0.25, 0.3) is 0 Å². The number of halogens is 1. The lowest BCUT2D eigenvalue weighted by molar-refractivity contribution is 1.11. The van der Waals surface area contributed by atoms with Crippen LogP contribution in [-0.2, 0) is 5.88 Å². The highest BCUT2D eigenvalue weighted by Gasteiger charge is 1.96. The molecule has 0 amide bonds. The summed E-state index contributed by atoms with van der Waals surface area (Å²) < 4.78 is 0. The maximum Gasteiger partial charge on any atom is 0.0492 e. The van der Waals surface area contributed by atoms with Gasteiger partial charge in [-0.3, -0.25) is 4.98 Å². The molecule has 0 saturated heterocycles. The van der Waals surface area contributed by atoms with Crippen molar-refractivity contribution in [2.24, 2.45) is 0 Å². The zero-order chi connectivity index (χ0) is 7.56. The summed E-state index contributed by atoms with van der Waals surface area (Å²) in [5.74, 6) is 0.556. The first kappa shape index (κ1) is 7.55. The van der Waals surface area contributed by atoms with E-state index in [-0.39, 0.29) is 0 Å². The number of hydrogen-bond acceptors (Lipinski definition) is 1. The fourth-order valence-corrected chi connectivity index (χ4v) is 1.10. The lowest BCUT2D eigenvalue weighted by Crippen LogP contribution is -1.89. The normalized spacial score (nSPS) is 9.90. The minimum absolute atomic E-state index is 0.556. The van der Waals surface area contributed by atoms with Gasteiger partial charge in [-0.25, -0.2) is 0 Å². The molecule has 0 aliphatic heterocycles. The van der Waals surface area contributed by atoms with Crippen molar-refractivity contribution in [2.75, 3.05) is 0 Å². The Hall–Kier alpha value is -0.560. The molecule has 0 saturated carbocycles. The Morgan fingerprint density at radius 1 is 1.50 bits per heavy atom. The molecule has 10 heavy (non-hydrogen) atoms. The number of rotatable bonds is 1. The standard InChI is InChI=1S/C8H10ClN/c1-6-3-8(4-9)7(2)10-5-6/h3,5H,4H2,1-2H3. The van der Waals surface area contributed by atoms with Crippen molar-refractivity contribution in [3.8, 4) is 0 Å². The third kappa shape index (κ3) is 1.48. The maximum absolute atomic E-state index is 5.66. The Bertz CT molecular complexity index is 233. The van der Waals surface area contributed by atoms with E-state index in [1.165, 1.54) is 5.56 Å². The van der Waals surface area contributed by atoms with Crippen LogP contribution in [0.4, 0.5) is 0 Å². The predicted octanol–water partition coefficient (Wildman–Crippen LogP) is 2.44. The van der Waals surface area contributed by atoms with Gasteiger partial charge in [0.15, 0.2) is 0 Å². The number of aryl methyl sites for hydroxylation is 2. The molecule has 0 fully saturated rings. The minimum Gasteiger partial charge on any atom is -0.261 e. The zero-order valence-corrected chi connectivity index (χ0v) is 6.94. The summed E-state index contributed by atoms with van der Waals surface area (Å²) >= 11 is 5.66. The monoisotopic (exact) mass is 155 g/mol. The van der Waals surface area contributed by atoms with Gasteiger partial charge in [0.1, 0.15) is 0 Å². The summed E-state index contributed by atoms with van der Waals surface area (Å²) in [4.78, 5) is 4.17. The first-order valence-corrected chi connectivity index (χ1v) is 3.75. The van der Waals surface area contributed by atoms with Gasteiger partial charge in [-0.2, -0.15) is 0 Å². The number of hydrogen-bond donors (Lipinski definition) is 0. The molecule has 1 rings (SSSR count). The molecule has 1 heterocycles. The molecule has 0 radical (unpaired) electrons. The lowest BCUT2D eigenvalue weighted by Gasteiger charge is -2.00. The van der Waals surface area contributed by atoms with Crippen LogP contribution < -0.4 is 0 Å². The topological polar surface area (TPSA) is 12.9 Å². The number of aromatic nitrogens is 1. The molecule has 1 aromatic rings. The molecule has 54 valence electrons. The molecule has 0 bridgehead atoms. The maximum atomic E-state index is 5.66. The van der Waals surface area contributed by atoms with Gasteiger partial charge in [-0.15, -0.1) is 11.6 Å². The van der Waals surface area contributed by atoms with Gasteiger partial charge in [0.25, 0.3) is 0 Å². The molecule has 2 heteroatoms. The van der Waals surface area contributed by atoms with Crippen LogP contribution in [0, 0.1) is 13.8 Å². The molecule has 0 aromatic carbocycles. The smallest absolute Gasteiger partial charge is 0.0492 e. The van der Waals surface area contributed by atoms with Gasteiger partial charge in [-0.1, -0.05) is 6.07 Å². The Labute approximate surface area is 66.0 Å². The van der Waals surface area contributed by atoms with Gasteiger partial charge >= 0.3 is 0 Å². The molecule has 0 aliphatic carbocycles. The van der Waals surface area contributed by atoms with Gasteiger partial charge in [0.05, 0.1) is 0 Å². The largest absolute Gasteiger partial charge is 0.261 e. The molecule has 1 aromatic heterocycles. The van der Waals surface area contributed by atoms with Crippen molar-refractivity contribution in [1.82, 2.24) is 4.98 Å². The fourth-order valence-electron chi connectivity index (χ4n) is 0.833. The van der Waals surface area contributed by atoms with Crippen molar-refractivity contribution in [1.29, 1.82) is 0 Å². The van der Waals surface area contributed by atoms with Crippen molar-refractivity contribution < 1.29 is 0 Å². The lowest BCUT2D eigenvalue weighted by atomic mass is 10.2.